The van der Waals surface area contributed by atoms with Crippen LogP contribution in [-0.4, -0.2) is 55.4 Å². The number of hydrogen-bond acceptors (Lipinski definition) is 4. The van der Waals surface area contributed by atoms with Crippen LogP contribution in [0.1, 0.15) is 16.8 Å². The number of alkyl halides is 2. The SMILES string of the molecule is O=C1CCN(C(=O)CNC(=O)c2ccccc2OC(F)F)CCN1. The maximum atomic E-state index is 12.3. The molecule has 0 saturated carbocycles. The van der Waals surface area contributed by atoms with Crippen LogP contribution >= 0.6 is 0 Å². The zero-order chi connectivity index (χ0) is 17.5. The van der Waals surface area contributed by atoms with E-state index in [0.29, 0.717) is 13.1 Å². The number of benzene rings is 1. The molecule has 3 amide bonds. The fourth-order valence-electron chi connectivity index (χ4n) is 2.23. The quantitative estimate of drug-likeness (QED) is 0.810. The molecule has 1 saturated heterocycles. The van der Waals surface area contributed by atoms with Gasteiger partial charge in [0.15, 0.2) is 0 Å². The van der Waals surface area contributed by atoms with E-state index in [2.05, 4.69) is 15.4 Å². The molecule has 0 atom stereocenters. The summed E-state index contributed by atoms with van der Waals surface area (Å²) in [4.78, 5) is 36.8. The summed E-state index contributed by atoms with van der Waals surface area (Å²) in [5.74, 6) is -1.44. The lowest BCUT2D eigenvalue weighted by Crippen LogP contribution is -2.41. The number of halogens is 2. The molecule has 7 nitrogen and oxygen atoms in total. The van der Waals surface area contributed by atoms with Gasteiger partial charge in [0, 0.05) is 26.1 Å². The standard InChI is InChI=1S/C15H17F2N3O4/c16-15(17)24-11-4-2-1-3-10(11)14(23)19-9-13(22)20-7-5-12(21)18-6-8-20/h1-4,15H,5-9H2,(H,18,21)(H,19,23). The first-order valence-corrected chi connectivity index (χ1v) is 7.34. The molecule has 1 aromatic rings. The fraction of sp³-hybridized carbons (Fsp3) is 0.400. The number of hydrogen-bond donors (Lipinski definition) is 2. The van der Waals surface area contributed by atoms with Gasteiger partial charge < -0.3 is 20.3 Å². The van der Waals surface area contributed by atoms with Crippen molar-refractivity contribution < 1.29 is 27.9 Å². The number of carbonyl (C=O) groups excluding carboxylic acids is 3. The first-order valence-electron chi connectivity index (χ1n) is 7.34. The van der Waals surface area contributed by atoms with Crippen molar-refractivity contribution in [2.24, 2.45) is 0 Å². The summed E-state index contributed by atoms with van der Waals surface area (Å²) in [5.41, 5.74) is -0.0849. The smallest absolute Gasteiger partial charge is 0.387 e. The van der Waals surface area contributed by atoms with E-state index in [1.807, 2.05) is 0 Å². The Kier molecular flexibility index (Phi) is 6.05. The van der Waals surface area contributed by atoms with Crippen LogP contribution in [0.25, 0.3) is 0 Å². The second kappa shape index (κ2) is 8.23. The Labute approximate surface area is 136 Å². The van der Waals surface area contributed by atoms with E-state index in [0.717, 1.165) is 0 Å². The Bertz CT molecular complexity index is 624. The Morgan fingerprint density at radius 2 is 2.04 bits per heavy atom. The number of amides is 3. The Morgan fingerprint density at radius 3 is 2.79 bits per heavy atom. The van der Waals surface area contributed by atoms with Crippen molar-refractivity contribution in [2.45, 2.75) is 13.0 Å². The highest BCUT2D eigenvalue weighted by Crippen LogP contribution is 2.19. The van der Waals surface area contributed by atoms with Crippen molar-refractivity contribution in [3.8, 4) is 5.75 Å². The lowest BCUT2D eigenvalue weighted by molar-refractivity contribution is -0.130. The third-order valence-electron chi connectivity index (χ3n) is 3.41. The minimum atomic E-state index is -3.05. The molecule has 130 valence electrons. The molecule has 2 N–H and O–H groups in total. The minimum Gasteiger partial charge on any atom is -0.434 e. The van der Waals surface area contributed by atoms with Crippen LogP contribution in [-0.2, 0) is 9.59 Å². The molecule has 1 heterocycles. The highest BCUT2D eigenvalue weighted by molar-refractivity contribution is 5.98. The summed E-state index contributed by atoms with van der Waals surface area (Å²) in [6.07, 6.45) is 0.199. The van der Waals surface area contributed by atoms with Gasteiger partial charge in [-0.05, 0) is 12.1 Å². The van der Waals surface area contributed by atoms with Crippen molar-refractivity contribution in [1.29, 1.82) is 0 Å². The predicted molar refractivity (Wildman–Crippen MR) is 79.6 cm³/mol. The highest BCUT2D eigenvalue weighted by atomic mass is 19.3. The Balaban J connectivity index is 1.93. The van der Waals surface area contributed by atoms with Crippen LogP contribution in [0, 0.1) is 0 Å². The number of carbonyl (C=O) groups is 3. The zero-order valence-corrected chi connectivity index (χ0v) is 12.8. The summed E-state index contributed by atoms with van der Waals surface area (Å²) in [5, 5.41) is 5.02. The monoisotopic (exact) mass is 341 g/mol. The second-order valence-corrected chi connectivity index (χ2v) is 5.04. The van der Waals surface area contributed by atoms with Crippen molar-refractivity contribution in [3.63, 3.8) is 0 Å². The summed E-state index contributed by atoms with van der Waals surface area (Å²) in [6.45, 7) is -2.38. The molecule has 1 aliphatic heterocycles. The van der Waals surface area contributed by atoms with Crippen LogP contribution in [0.5, 0.6) is 5.75 Å². The van der Waals surface area contributed by atoms with Crippen LogP contribution < -0.4 is 15.4 Å². The fourth-order valence-corrected chi connectivity index (χ4v) is 2.23. The van der Waals surface area contributed by atoms with Gasteiger partial charge in [-0.1, -0.05) is 12.1 Å². The molecule has 2 rings (SSSR count). The molecule has 0 spiro atoms. The summed E-state index contributed by atoms with van der Waals surface area (Å²) >= 11 is 0. The van der Waals surface area contributed by atoms with Crippen molar-refractivity contribution in [3.05, 3.63) is 29.8 Å². The first-order chi connectivity index (χ1) is 11.5. The van der Waals surface area contributed by atoms with Crippen LogP contribution in [0.2, 0.25) is 0 Å². The van der Waals surface area contributed by atoms with E-state index in [1.54, 1.807) is 0 Å². The van der Waals surface area contributed by atoms with Gasteiger partial charge in [0.2, 0.25) is 11.8 Å². The molecular weight excluding hydrogens is 324 g/mol. The number of ether oxygens (including phenoxy) is 1. The number of nitrogens with one attached hydrogen (secondary N) is 2. The number of rotatable bonds is 5. The third kappa shape index (κ3) is 4.90. The topological polar surface area (TPSA) is 87.7 Å². The maximum absolute atomic E-state index is 12.3. The second-order valence-electron chi connectivity index (χ2n) is 5.04. The lowest BCUT2D eigenvalue weighted by Gasteiger charge is -2.19. The van der Waals surface area contributed by atoms with Gasteiger partial charge in [-0.15, -0.1) is 0 Å². The molecule has 24 heavy (non-hydrogen) atoms. The molecular formula is C15H17F2N3O4. The van der Waals surface area contributed by atoms with E-state index in [4.69, 9.17) is 0 Å². The van der Waals surface area contributed by atoms with E-state index in [9.17, 15) is 23.2 Å². The molecule has 0 bridgehead atoms. The predicted octanol–water partition coefficient (Wildman–Crippen LogP) is 0.366. The molecule has 1 aromatic carbocycles. The van der Waals surface area contributed by atoms with Crippen LogP contribution in [0.15, 0.2) is 24.3 Å². The maximum Gasteiger partial charge on any atom is 0.387 e. The van der Waals surface area contributed by atoms with E-state index in [-0.39, 0.29) is 42.6 Å². The number of nitrogens with zero attached hydrogens (tertiary/aromatic N) is 1. The average molecular weight is 341 g/mol. The Morgan fingerprint density at radius 1 is 1.29 bits per heavy atom. The van der Waals surface area contributed by atoms with E-state index in [1.165, 1.54) is 29.2 Å². The molecule has 1 aliphatic rings. The van der Waals surface area contributed by atoms with Gasteiger partial charge in [0.05, 0.1) is 12.1 Å². The van der Waals surface area contributed by atoms with Gasteiger partial charge in [-0.3, -0.25) is 14.4 Å². The minimum absolute atomic E-state index is 0.0849. The zero-order valence-electron chi connectivity index (χ0n) is 12.8. The molecule has 0 radical (unpaired) electrons. The molecule has 1 fully saturated rings. The van der Waals surface area contributed by atoms with Crippen molar-refractivity contribution >= 4 is 17.7 Å². The molecule has 0 aliphatic carbocycles. The third-order valence-corrected chi connectivity index (χ3v) is 3.41. The summed E-state index contributed by atoms with van der Waals surface area (Å²) in [7, 11) is 0. The summed E-state index contributed by atoms with van der Waals surface area (Å²) < 4.78 is 29.0. The highest BCUT2D eigenvalue weighted by Gasteiger charge is 2.20. The van der Waals surface area contributed by atoms with E-state index >= 15 is 0 Å². The Hall–Kier alpha value is -2.71. The van der Waals surface area contributed by atoms with Gasteiger partial charge in [0.1, 0.15) is 5.75 Å². The normalized spacial score (nSPS) is 14.8. The molecule has 0 unspecified atom stereocenters. The lowest BCUT2D eigenvalue weighted by atomic mass is 10.2. The van der Waals surface area contributed by atoms with Crippen LogP contribution in [0.3, 0.4) is 0 Å². The largest absolute Gasteiger partial charge is 0.434 e. The van der Waals surface area contributed by atoms with Crippen molar-refractivity contribution in [1.82, 2.24) is 15.5 Å². The molecule has 0 aromatic heterocycles. The first kappa shape index (κ1) is 17.6. The van der Waals surface area contributed by atoms with Gasteiger partial charge in [-0.2, -0.15) is 8.78 Å². The van der Waals surface area contributed by atoms with Gasteiger partial charge in [0.25, 0.3) is 5.91 Å². The number of para-hydroxylation sites is 1. The van der Waals surface area contributed by atoms with Gasteiger partial charge in [-0.25, -0.2) is 0 Å². The van der Waals surface area contributed by atoms with Crippen molar-refractivity contribution in [2.75, 3.05) is 26.2 Å². The summed E-state index contributed by atoms with van der Waals surface area (Å²) in [6, 6.07) is 5.53. The molecule has 9 heteroatoms. The van der Waals surface area contributed by atoms with E-state index < -0.39 is 12.5 Å². The van der Waals surface area contributed by atoms with Gasteiger partial charge >= 0.3 is 6.61 Å². The van der Waals surface area contributed by atoms with Crippen LogP contribution in [0.4, 0.5) is 8.78 Å². The average Bonchev–Trinajstić information content (AvgIpc) is 2.77.